The Balaban J connectivity index is 1.62. The Labute approximate surface area is 180 Å². The third kappa shape index (κ3) is 4.24. The number of ether oxygens (including phenoxy) is 1. The van der Waals surface area contributed by atoms with Gasteiger partial charge in [0.05, 0.1) is 25.3 Å². The van der Waals surface area contributed by atoms with E-state index in [1.165, 1.54) is 0 Å². The van der Waals surface area contributed by atoms with Crippen molar-refractivity contribution >= 4 is 23.5 Å². The Morgan fingerprint density at radius 3 is 2.63 bits per heavy atom. The van der Waals surface area contributed by atoms with Gasteiger partial charge in [0, 0.05) is 23.3 Å². The lowest BCUT2D eigenvalue weighted by atomic mass is 9.99. The summed E-state index contributed by atoms with van der Waals surface area (Å²) in [7, 11) is 1.63. The number of likely N-dealkylation sites (tertiary alicyclic amines) is 1. The van der Waals surface area contributed by atoms with Crippen molar-refractivity contribution in [1.82, 2.24) is 14.9 Å². The van der Waals surface area contributed by atoms with Crippen molar-refractivity contribution in [2.45, 2.75) is 25.3 Å². The number of hydrogen-bond acceptors (Lipinski definition) is 5. The van der Waals surface area contributed by atoms with Gasteiger partial charge >= 0.3 is 0 Å². The Kier molecular flexibility index (Phi) is 5.86. The molecular formula is C23H23ClN4O2. The molecule has 2 aromatic carbocycles. The summed E-state index contributed by atoms with van der Waals surface area (Å²) in [6, 6.07) is 15.0. The monoisotopic (exact) mass is 422 g/mol. The van der Waals surface area contributed by atoms with Crippen LogP contribution in [0.25, 0.3) is 11.1 Å². The van der Waals surface area contributed by atoms with Crippen molar-refractivity contribution in [2.75, 3.05) is 19.4 Å². The number of halogens is 1. The van der Waals surface area contributed by atoms with Gasteiger partial charge in [-0.15, -0.1) is 0 Å². The molecule has 1 saturated heterocycles. The Morgan fingerprint density at radius 2 is 1.93 bits per heavy atom. The molecule has 1 aliphatic heterocycles. The van der Waals surface area contributed by atoms with E-state index in [1.54, 1.807) is 13.3 Å². The van der Waals surface area contributed by atoms with Crippen LogP contribution in [0.5, 0.6) is 5.75 Å². The molecule has 30 heavy (non-hydrogen) atoms. The van der Waals surface area contributed by atoms with E-state index in [-0.39, 0.29) is 17.9 Å². The zero-order valence-electron chi connectivity index (χ0n) is 16.7. The van der Waals surface area contributed by atoms with Crippen LogP contribution in [-0.4, -0.2) is 34.4 Å². The number of anilines is 1. The van der Waals surface area contributed by atoms with E-state index in [0.29, 0.717) is 18.0 Å². The molecule has 0 bridgehead atoms. The topological polar surface area (TPSA) is 81.3 Å². The molecule has 0 radical (unpaired) electrons. The second-order valence-corrected chi connectivity index (χ2v) is 7.74. The predicted molar refractivity (Wildman–Crippen MR) is 117 cm³/mol. The Bertz CT molecular complexity index is 1040. The fraction of sp³-hybridized carbons (Fsp3) is 0.261. The molecule has 1 aliphatic rings. The highest BCUT2D eigenvalue weighted by molar-refractivity contribution is 6.30. The van der Waals surface area contributed by atoms with E-state index < -0.39 is 0 Å². The van der Waals surface area contributed by atoms with Crippen molar-refractivity contribution in [3.05, 3.63) is 71.0 Å². The summed E-state index contributed by atoms with van der Waals surface area (Å²) in [5.41, 5.74) is 9.46. The van der Waals surface area contributed by atoms with Gasteiger partial charge in [0.15, 0.2) is 0 Å². The Hall–Kier alpha value is -3.12. The lowest BCUT2D eigenvalue weighted by molar-refractivity contribution is -0.131. The number of rotatable bonds is 5. The van der Waals surface area contributed by atoms with Crippen molar-refractivity contribution in [3.63, 3.8) is 0 Å². The summed E-state index contributed by atoms with van der Waals surface area (Å²) in [5.74, 6) is 1.05. The predicted octanol–water partition coefficient (Wildman–Crippen LogP) is 4.29. The molecular weight excluding hydrogens is 400 g/mol. The average molecular weight is 423 g/mol. The van der Waals surface area contributed by atoms with E-state index in [4.69, 9.17) is 22.1 Å². The molecule has 0 aliphatic carbocycles. The van der Waals surface area contributed by atoms with E-state index in [1.807, 2.05) is 53.4 Å². The van der Waals surface area contributed by atoms with E-state index in [2.05, 4.69) is 9.97 Å². The normalized spacial score (nSPS) is 15.9. The zero-order valence-corrected chi connectivity index (χ0v) is 17.5. The second-order valence-electron chi connectivity index (χ2n) is 7.30. The highest BCUT2D eigenvalue weighted by atomic mass is 35.5. The molecule has 1 fully saturated rings. The van der Waals surface area contributed by atoms with E-state index in [0.717, 1.165) is 41.0 Å². The number of carbonyl (C=O) groups is 1. The smallest absolute Gasteiger partial charge is 0.227 e. The highest BCUT2D eigenvalue weighted by Gasteiger charge is 2.33. The van der Waals surface area contributed by atoms with Crippen molar-refractivity contribution in [1.29, 1.82) is 0 Å². The number of amides is 1. The first kappa shape index (κ1) is 20.2. The van der Waals surface area contributed by atoms with Gasteiger partial charge in [-0.3, -0.25) is 4.79 Å². The van der Waals surface area contributed by atoms with Gasteiger partial charge in [-0.05, 0) is 48.2 Å². The maximum absolute atomic E-state index is 13.1. The SMILES string of the molecule is COc1ccc(CC(=O)N2CCC[C@@H]2c2nc(N)ncc2-c2ccc(Cl)cc2)cc1. The third-order valence-corrected chi connectivity index (χ3v) is 5.65. The van der Waals surface area contributed by atoms with Gasteiger partial charge in [0.2, 0.25) is 11.9 Å². The zero-order chi connectivity index (χ0) is 21.1. The fourth-order valence-electron chi connectivity index (χ4n) is 3.88. The summed E-state index contributed by atoms with van der Waals surface area (Å²) in [6.45, 7) is 0.698. The summed E-state index contributed by atoms with van der Waals surface area (Å²) >= 11 is 6.04. The molecule has 1 aromatic heterocycles. The van der Waals surface area contributed by atoms with Crippen molar-refractivity contribution < 1.29 is 9.53 Å². The van der Waals surface area contributed by atoms with Crippen LogP contribution in [0.1, 0.15) is 30.1 Å². The summed E-state index contributed by atoms with van der Waals surface area (Å²) in [6.07, 6.45) is 3.82. The lowest BCUT2D eigenvalue weighted by Gasteiger charge is -2.26. The molecule has 3 aromatic rings. The molecule has 1 amide bonds. The van der Waals surface area contributed by atoms with Crippen LogP contribution in [-0.2, 0) is 11.2 Å². The summed E-state index contributed by atoms with van der Waals surface area (Å²) in [4.78, 5) is 23.8. The molecule has 6 nitrogen and oxygen atoms in total. The van der Waals surface area contributed by atoms with Gasteiger partial charge in [-0.25, -0.2) is 9.97 Å². The van der Waals surface area contributed by atoms with Crippen LogP contribution in [0.15, 0.2) is 54.7 Å². The van der Waals surface area contributed by atoms with Crippen molar-refractivity contribution in [3.8, 4) is 16.9 Å². The largest absolute Gasteiger partial charge is 0.497 e. The van der Waals surface area contributed by atoms with E-state index in [9.17, 15) is 4.79 Å². The average Bonchev–Trinajstić information content (AvgIpc) is 3.25. The van der Waals surface area contributed by atoms with Crippen LogP contribution in [0.4, 0.5) is 5.95 Å². The highest BCUT2D eigenvalue weighted by Crippen LogP contribution is 2.37. The summed E-state index contributed by atoms with van der Waals surface area (Å²) in [5, 5.41) is 0.661. The van der Waals surface area contributed by atoms with Gasteiger partial charge < -0.3 is 15.4 Å². The van der Waals surface area contributed by atoms with Gasteiger partial charge in [0.25, 0.3) is 0 Å². The lowest BCUT2D eigenvalue weighted by Crippen LogP contribution is -2.32. The number of nitrogens with two attached hydrogens (primary N) is 1. The van der Waals surface area contributed by atoms with Crippen molar-refractivity contribution in [2.24, 2.45) is 0 Å². The van der Waals surface area contributed by atoms with Crippen LogP contribution < -0.4 is 10.5 Å². The number of methoxy groups -OCH3 is 1. The molecule has 2 N–H and O–H groups in total. The van der Waals surface area contributed by atoms with Gasteiger partial charge in [-0.2, -0.15) is 0 Å². The van der Waals surface area contributed by atoms with Crippen LogP contribution in [0.2, 0.25) is 5.02 Å². The minimum atomic E-state index is -0.133. The van der Waals surface area contributed by atoms with Gasteiger partial charge in [-0.1, -0.05) is 35.9 Å². The number of aromatic nitrogens is 2. The first-order chi connectivity index (χ1) is 14.5. The fourth-order valence-corrected chi connectivity index (χ4v) is 4.01. The maximum Gasteiger partial charge on any atom is 0.227 e. The molecule has 0 saturated carbocycles. The maximum atomic E-state index is 13.1. The first-order valence-corrected chi connectivity index (χ1v) is 10.2. The second kappa shape index (κ2) is 8.71. The van der Waals surface area contributed by atoms with E-state index >= 15 is 0 Å². The molecule has 7 heteroatoms. The molecule has 0 unspecified atom stereocenters. The quantitative estimate of drug-likeness (QED) is 0.663. The number of nitrogen functional groups attached to an aromatic ring is 1. The standard InChI is InChI=1S/C23H23ClN4O2/c1-30-18-10-4-15(5-11-18)13-21(29)28-12-2-3-20(28)22-19(14-26-23(25)27-22)16-6-8-17(24)9-7-16/h4-11,14,20H,2-3,12-13H2,1H3,(H2,25,26,27)/t20-/m1/s1. The minimum absolute atomic E-state index is 0.0712. The van der Waals surface area contributed by atoms with Crippen LogP contribution in [0.3, 0.4) is 0 Å². The number of carbonyl (C=O) groups excluding carboxylic acids is 1. The number of nitrogens with zero attached hydrogens (tertiary/aromatic N) is 3. The minimum Gasteiger partial charge on any atom is -0.497 e. The molecule has 2 heterocycles. The Morgan fingerprint density at radius 1 is 1.20 bits per heavy atom. The molecule has 154 valence electrons. The number of benzene rings is 2. The third-order valence-electron chi connectivity index (χ3n) is 5.40. The molecule has 4 rings (SSSR count). The molecule has 0 spiro atoms. The first-order valence-electron chi connectivity index (χ1n) is 9.86. The van der Waals surface area contributed by atoms with Gasteiger partial charge in [0.1, 0.15) is 5.75 Å². The van der Waals surface area contributed by atoms with Crippen LogP contribution in [0, 0.1) is 0 Å². The summed E-state index contributed by atoms with van der Waals surface area (Å²) < 4.78 is 5.19. The van der Waals surface area contributed by atoms with Crippen LogP contribution >= 0.6 is 11.6 Å². The number of hydrogen-bond donors (Lipinski definition) is 1. The molecule has 1 atom stereocenters.